The number of nitrogens with one attached hydrogen (secondary N) is 1. The zero-order valence-electron chi connectivity index (χ0n) is 6.42. The van der Waals surface area contributed by atoms with E-state index in [0.29, 0.717) is 13.1 Å². The Kier molecular flexibility index (Phi) is 4.86. The second kappa shape index (κ2) is 5.13. The third kappa shape index (κ3) is 9.43. The minimum Gasteiger partial charge on any atom is -0.305 e. The molecule has 0 heterocycles. The summed E-state index contributed by atoms with van der Waals surface area (Å²) in [6.07, 6.45) is 0. The highest BCUT2D eigenvalue weighted by Crippen LogP contribution is 1.72. The fourth-order valence-electron chi connectivity index (χ4n) is 0.454. The molecular formula is C6H12N2O2S. The highest BCUT2D eigenvalue weighted by Gasteiger charge is 1.99. The highest BCUT2D eigenvalue weighted by atomic mass is 32.2. The topological polar surface area (TPSA) is 72.2 Å². The quantitative estimate of drug-likeness (QED) is 0.421. The van der Waals surface area contributed by atoms with Crippen LogP contribution in [0.2, 0.25) is 0 Å². The van der Waals surface area contributed by atoms with E-state index in [1.807, 2.05) is 0 Å². The summed E-state index contributed by atoms with van der Waals surface area (Å²) < 4.78 is 20.7. The molecule has 4 nitrogen and oxygen atoms in total. The maximum absolute atomic E-state index is 10.4. The van der Waals surface area contributed by atoms with Crippen LogP contribution in [0.25, 0.3) is 0 Å². The molecule has 0 aliphatic rings. The summed E-state index contributed by atoms with van der Waals surface area (Å²) in [6, 6.07) is 0. The number of nitrogens with two attached hydrogens (primary N) is 1. The van der Waals surface area contributed by atoms with Gasteiger partial charge < -0.3 is 5.32 Å². The molecule has 5 heteroatoms. The number of hydrogen-bond donors (Lipinski definition) is 2. The molecule has 0 aromatic rings. The maximum atomic E-state index is 10.4. The fraction of sp³-hybridized carbons (Fsp3) is 0.667. The van der Waals surface area contributed by atoms with Gasteiger partial charge in [-0.2, -0.15) is 0 Å². The second-order valence-corrected chi connectivity index (χ2v) is 3.70. The SMILES string of the molecule is CC#CCNCCS(N)(=O)=O. The van der Waals surface area contributed by atoms with Crippen LogP contribution in [0.3, 0.4) is 0 Å². The van der Waals surface area contributed by atoms with Gasteiger partial charge in [-0.1, -0.05) is 5.92 Å². The fourth-order valence-corrected chi connectivity index (χ4v) is 0.883. The van der Waals surface area contributed by atoms with Crippen LogP contribution in [0.4, 0.5) is 0 Å². The van der Waals surface area contributed by atoms with Crippen molar-refractivity contribution >= 4 is 10.0 Å². The van der Waals surface area contributed by atoms with Crippen molar-refractivity contribution in [1.29, 1.82) is 0 Å². The van der Waals surface area contributed by atoms with Gasteiger partial charge in [0.25, 0.3) is 0 Å². The predicted molar refractivity (Wildman–Crippen MR) is 44.3 cm³/mol. The predicted octanol–water partition coefficient (Wildman–Crippen LogP) is -1.11. The molecule has 64 valence electrons. The molecule has 0 fully saturated rings. The van der Waals surface area contributed by atoms with E-state index in [1.54, 1.807) is 6.92 Å². The molecule has 11 heavy (non-hydrogen) atoms. The van der Waals surface area contributed by atoms with E-state index in [1.165, 1.54) is 0 Å². The Morgan fingerprint density at radius 2 is 2.18 bits per heavy atom. The van der Waals surface area contributed by atoms with Crippen LogP contribution in [0.5, 0.6) is 0 Å². The summed E-state index contributed by atoms with van der Waals surface area (Å²) in [4.78, 5) is 0. The van der Waals surface area contributed by atoms with E-state index in [-0.39, 0.29) is 5.75 Å². The van der Waals surface area contributed by atoms with Gasteiger partial charge in [-0.15, -0.1) is 5.92 Å². The van der Waals surface area contributed by atoms with Gasteiger partial charge in [-0.3, -0.25) is 0 Å². The van der Waals surface area contributed by atoms with E-state index in [4.69, 9.17) is 5.14 Å². The Morgan fingerprint density at radius 3 is 2.64 bits per heavy atom. The lowest BCUT2D eigenvalue weighted by Gasteiger charge is -1.97. The van der Waals surface area contributed by atoms with Crippen molar-refractivity contribution in [1.82, 2.24) is 5.32 Å². The van der Waals surface area contributed by atoms with E-state index in [9.17, 15) is 8.42 Å². The van der Waals surface area contributed by atoms with Crippen LogP contribution in [0.1, 0.15) is 6.92 Å². The lowest BCUT2D eigenvalue weighted by atomic mass is 10.6. The van der Waals surface area contributed by atoms with Crippen molar-refractivity contribution in [2.75, 3.05) is 18.8 Å². The Morgan fingerprint density at radius 1 is 1.55 bits per heavy atom. The first-order valence-electron chi connectivity index (χ1n) is 3.17. The summed E-state index contributed by atoms with van der Waals surface area (Å²) in [6.45, 7) is 2.58. The Labute approximate surface area is 67.2 Å². The standard InChI is InChI=1S/C6H12N2O2S/c1-2-3-4-8-5-6-11(7,9)10/h8H,4-6H2,1H3,(H2,7,9,10). The Hall–Kier alpha value is -0.570. The highest BCUT2D eigenvalue weighted by molar-refractivity contribution is 7.89. The van der Waals surface area contributed by atoms with Crippen LogP contribution >= 0.6 is 0 Å². The zero-order valence-corrected chi connectivity index (χ0v) is 7.24. The van der Waals surface area contributed by atoms with Crippen LogP contribution < -0.4 is 10.5 Å². The van der Waals surface area contributed by atoms with E-state index in [2.05, 4.69) is 17.2 Å². The molecule has 0 radical (unpaired) electrons. The first-order chi connectivity index (χ1) is 5.06. The monoisotopic (exact) mass is 176 g/mol. The van der Waals surface area contributed by atoms with Gasteiger partial charge in [0.15, 0.2) is 0 Å². The summed E-state index contributed by atoms with van der Waals surface area (Å²) >= 11 is 0. The molecule has 0 atom stereocenters. The second-order valence-electron chi connectivity index (χ2n) is 1.97. The zero-order chi connectivity index (χ0) is 8.74. The molecule has 0 amide bonds. The van der Waals surface area contributed by atoms with Crippen LogP contribution in [-0.4, -0.2) is 27.3 Å². The van der Waals surface area contributed by atoms with Gasteiger partial charge in [0, 0.05) is 6.54 Å². The first-order valence-corrected chi connectivity index (χ1v) is 4.88. The average molecular weight is 176 g/mol. The molecule has 0 aromatic carbocycles. The van der Waals surface area contributed by atoms with Crippen LogP contribution in [0, 0.1) is 11.8 Å². The Bertz CT molecular complexity index is 247. The summed E-state index contributed by atoms with van der Waals surface area (Å²) in [5, 5.41) is 7.56. The van der Waals surface area contributed by atoms with Crippen molar-refractivity contribution in [3.05, 3.63) is 0 Å². The van der Waals surface area contributed by atoms with Gasteiger partial charge in [-0.25, -0.2) is 13.6 Å². The number of rotatable bonds is 4. The normalized spacial score (nSPS) is 10.4. The molecule has 0 saturated heterocycles. The van der Waals surface area contributed by atoms with E-state index in [0.717, 1.165) is 0 Å². The summed E-state index contributed by atoms with van der Waals surface area (Å²) in [5.41, 5.74) is 0. The minimum absolute atomic E-state index is 0.0433. The van der Waals surface area contributed by atoms with Crippen LogP contribution in [-0.2, 0) is 10.0 Å². The third-order valence-electron chi connectivity index (χ3n) is 0.954. The molecule has 0 saturated carbocycles. The largest absolute Gasteiger partial charge is 0.305 e. The van der Waals surface area contributed by atoms with Gasteiger partial charge in [0.2, 0.25) is 10.0 Å². The third-order valence-corrected chi connectivity index (χ3v) is 1.73. The lowest BCUT2D eigenvalue weighted by molar-refractivity contribution is 0.594. The number of hydrogen-bond acceptors (Lipinski definition) is 3. The average Bonchev–Trinajstić information content (AvgIpc) is 1.85. The smallest absolute Gasteiger partial charge is 0.210 e. The molecule has 3 N–H and O–H groups in total. The van der Waals surface area contributed by atoms with Crippen molar-refractivity contribution in [2.24, 2.45) is 5.14 Å². The number of sulfonamides is 1. The summed E-state index contributed by atoms with van der Waals surface area (Å²) in [7, 11) is -3.32. The first kappa shape index (κ1) is 10.4. The van der Waals surface area contributed by atoms with Crippen molar-refractivity contribution in [3.8, 4) is 11.8 Å². The molecule has 0 spiro atoms. The van der Waals surface area contributed by atoms with Crippen LogP contribution in [0.15, 0.2) is 0 Å². The summed E-state index contributed by atoms with van der Waals surface area (Å²) in [5.74, 6) is 5.37. The van der Waals surface area contributed by atoms with E-state index < -0.39 is 10.0 Å². The molecule has 0 rings (SSSR count). The van der Waals surface area contributed by atoms with E-state index >= 15 is 0 Å². The molecular weight excluding hydrogens is 164 g/mol. The molecule has 0 aliphatic carbocycles. The van der Waals surface area contributed by atoms with Crippen molar-refractivity contribution in [3.63, 3.8) is 0 Å². The van der Waals surface area contributed by atoms with Crippen molar-refractivity contribution < 1.29 is 8.42 Å². The van der Waals surface area contributed by atoms with Gasteiger partial charge >= 0.3 is 0 Å². The Balaban J connectivity index is 3.34. The lowest BCUT2D eigenvalue weighted by Crippen LogP contribution is -2.27. The number of primary sulfonamides is 1. The maximum Gasteiger partial charge on any atom is 0.210 e. The van der Waals surface area contributed by atoms with Gasteiger partial charge in [0.05, 0.1) is 12.3 Å². The molecule has 0 aliphatic heterocycles. The molecule has 0 bridgehead atoms. The van der Waals surface area contributed by atoms with Gasteiger partial charge in [-0.05, 0) is 6.92 Å². The van der Waals surface area contributed by atoms with Crippen molar-refractivity contribution in [2.45, 2.75) is 6.92 Å². The molecule has 0 aromatic heterocycles. The molecule has 0 unspecified atom stereocenters. The minimum atomic E-state index is -3.32. The van der Waals surface area contributed by atoms with Gasteiger partial charge in [0.1, 0.15) is 0 Å².